The van der Waals surface area contributed by atoms with Gasteiger partial charge in [-0.05, 0) is 37.0 Å². The summed E-state index contributed by atoms with van der Waals surface area (Å²) < 4.78 is 0. The van der Waals surface area contributed by atoms with Crippen molar-refractivity contribution in [3.05, 3.63) is 52.8 Å². The molecule has 190 valence electrons. The molecule has 2 N–H and O–H groups in total. The summed E-state index contributed by atoms with van der Waals surface area (Å²) in [7, 11) is 0. The van der Waals surface area contributed by atoms with Crippen LogP contribution in [-0.4, -0.2) is 71.1 Å². The first kappa shape index (κ1) is 23.5. The van der Waals surface area contributed by atoms with Gasteiger partial charge in [0, 0.05) is 73.3 Å². The van der Waals surface area contributed by atoms with Gasteiger partial charge in [0.05, 0.1) is 5.52 Å². The number of nitrogens with zero attached hydrogens (tertiary/aromatic N) is 3. The predicted molar refractivity (Wildman–Crippen MR) is 141 cm³/mol. The molecule has 2 unspecified atom stereocenters. The van der Waals surface area contributed by atoms with Crippen molar-refractivity contribution in [2.24, 2.45) is 17.8 Å². The number of piperazine rings is 1. The minimum atomic E-state index is 0.0883. The van der Waals surface area contributed by atoms with E-state index in [9.17, 15) is 9.59 Å². The lowest BCUT2D eigenvalue weighted by Gasteiger charge is -2.29. The molecular weight excluding hydrogens is 450 g/mol. The number of aryl methyl sites for hydroxylation is 1. The number of amides is 2. The summed E-state index contributed by atoms with van der Waals surface area (Å²) in [5, 5.41) is 12.2. The number of H-pyrrole nitrogens is 1. The molecule has 0 spiro atoms. The number of carbonyl (C=O) groups is 2. The summed E-state index contributed by atoms with van der Waals surface area (Å²) in [5.41, 5.74) is 4.64. The first-order valence-corrected chi connectivity index (χ1v) is 13.7. The number of hydrogen-bond donors (Lipinski definition) is 2. The van der Waals surface area contributed by atoms with Crippen molar-refractivity contribution in [3.8, 4) is 0 Å². The van der Waals surface area contributed by atoms with E-state index in [1.54, 1.807) is 0 Å². The zero-order valence-corrected chi connectivity index (χ0v) is 21.3. The van der Waals surface area contributed by atoms with E-state index in [4.69, 9.17) is 0 Å². The summed E-state index contributed by atoms with van der Waals surface area (Å²) in [4.78, 5) is 30.6. The quantitative estimate of drug-likeness (QED) is 0.690. The second-order valence-corrected chi connectivity index (χ2v) is 11.2. The first-order chi connectivity index (χ1) is 17.6. The number of aromatic amines is 1. The van der Waals surface area contributed by atoms with Gasteiger partial charge in [-0.3, -0.25) is 14.7 Å². The average molecular weight is 488 g/mol. The van der Waals surface area contributed by atoms with E-state index in [0.717, 1.165) is 60.2 Å². The van der Waals surface area contributed by atoms with Crippen molar-refractivity contribution in [1.82, 2.24) is 25.3 Å². The highest BCUT2D eigenvalue weighted by Gasteiger charge is 2.36. The van der Waals surface area contributed by atoms with Gasteiger partial charge in [-0.2, -0.15) is 5.10 Å². The molecule has 2 aliphatic carbocycles. The van der Waals surface area contributed by atoms with Crippen LogP contribution in [0.25, 0.3) is 10.9 Å². The number of likely N-dealkylation sites (tertiary alicyclic amines) is 1. The molecule has 7 nitrogen and oxygen atoms in total. The first-order valence-electron chi connectivity index (χ1n) is 13.7. The maximum atomic E-state index is 13.7. The number of hydrogen-bond acceptors (Lipinski definition) is 4. The fourth-order valence-electron chi connectivity index (χ4n) is 6.56. The highest BCUT2D eigenvalue weighted by atomic mass is 16.2. The third-order valence-corrected chi connectivity index (χ3v) is 8.69. The maximum Gasteiger partial charge on any atom is 0.254 e. The molecule has 0 radical (unpaired) electrons. The minimum Gasteiger partial charge on any atom is -0.337 e. The molecule has 3 fully saturated rings. The molecule has 1 aromatic heterocycles. The molecule has 1 aromatic carbocycles. The molecule has 2 saturated heterocycles. The van der Waals surface area contributed by atoms with Crippen molar-refractivity contribution in [3.63, 3.8) is 0 Å². The van der Waals surface area contributed by atoms with E-state index in [2.05, 4.69) is 39.8 Å². The summed E-state index contributed by atoms with van der Waals surface area (Å²) in [6.45, 7) is 6.56. The van der Waals surface area contributed by atoms with Crippen molar-refractivity contribution in [2.45, 2.75) is 45.4 Å². The lowest BCUT2D eigenvalue weighted by atomic mass is 9.85. The van der Waals surface area contributed by atoms with Crippen molar-refractivity contribution >= 4 is 22.7 Å². The van der Waals surface area contributed by atoms with Gasteiger partial charge < -0.3 is 15.1 Å². The third kappa shape index (κ3) is 4.49. The second-order valence-electron chi connectivity index (χ2n) is 11.2. The molecule has 3 heterocycles. The van der Waals surface area contributed by atoms with Gasteiger partial charge in [0.25, 0.3) is 11.8 Å². The smallest absolute Gasteiger partial charge is 0.254 e. The Morgan fingerprint density at radius 3 is 2.58 bits per heavy atom. The lowest BCUT2D eigenvalue weighted by Crippen LogP contribution is -2.47. The van der Waals surface area contributed by atoms with Crippen LogP contribution in [-0.2, 0) is 11.2 Å². The Bertz CT molecular complexity index is 1220. The Labute approximate surface area is 213 Å². The number of carbonyl (C=O) groups excluding carboxylic acids is 2. The molecule has 36 heavy (non-hydrogen) atoms. The zero-order chi connectivity index (χ0) is 24.6. The highest BCUT2D eigenvalue weighted by Crippen LogP contribution is 2.34. The Morgan fingerprint density at radius 2 is 1.78 bits per heavy atom. The fourth-order valence-corrected chi connectivity index (χ4v) is 6.56. The fraction of sp³-hybridized carbons (Fsp3) is 0.552. The average Bonchev–Trinajstić information content (AvgIpc) is 3.52. The van der Waals surface area contributed by atoms with Crippen LogP contribution in [0.1, 0.15) is 53.7 Å². The van der Waals surface area contributed by atoms with Crippen LogP contribution >= 0.6 is 0 Å². The number of nitrogens with one attached hydrogen (secondary N) is 2. The van der Waals surface area contributed by atoms with Gasteiger partial charge in [-0.25, -0.2) is 0 Å². The molecule has 4 aliphatic rings. The van der Waals surface area contributed by atoms with Gasteiger partial charge in [-0.15, -0.1) is 0 Å². The second kappa shape index (κ2) is 9.85. The molecule has 2 atom stereocenters. The van der Waals surface area contributed by atoms with E-state index in [1.807, 2.05) is 22.8 Å². The molecule has 7 heteroatoms. The molecule has 1 saturated carbocycles. The van der Waals surface area contributed by atoms with E-state index in [1.165, 1.54) is 37.8 Å². The molecule has 0 bridgehead atoms. The minimum absolute atomic E-state index is 0.0883. The third-order valence-electron chi connectivity index (χ3n) is 8.69. The Balaban J connectivity index is 1.19. The Kier molecular flexibility index (Phi) is 6.42. The SMILES string of the molecule is Cc1cc2n[nH]c(CC3CCCCC3)c2cc1C(=O)N1CC2C=CC(C(=O)N3CCNCC3)=CC2C1. The van der Waals surface area contributed by atoms with Crippen molar-refractivity contribution < 1.29 is 9.59 Å². The van der Waals surface area contributed by atoms with E-state index in [0.29, 0.717) is 19.0 Å². The summed E-state index contributed by atoms with van der Waals surface area (Å²) in [5.74, 6) is 1.38. The van der Waals surface area contributed by atoms with E-state index in [-0.39, 0.29) is 23.7 Å². The summed E-state index contributed by atoms with van der Waals surface area (Å²) in [6.07, 6.45) is 13.8. The number of benzene rings is 1. The van der Waals surface area contributed by atoms with Gasteiger partial charge in [0.1, 0.15) is 0 Å². The van der Waals surface area contributed by atoms with Gasteiger partial charge in [0.15, 0.2) is 0 Å². The van der Waals surface area contributed by atoms with Crippen LogP contribution in [0.4, 0.5) is 0 Å². The van der Waals surface area contributed by atoms with Gasteiger partial charge in [0.2, 0.25) is 0 Å². The molecule has 2 aliphatic heterocycles. The largest absolute Gasteiger partial charge is 0.337 e. The number of fused-ring (bicyclic) bond motifs is 2. The maximum absolute atomic E-state index is 13.7. The summed E-state index contributed by atoms with van der Waals surface area (Å²) >= 11 is 0. The van der Waals surface area contributed by atoms with Crippen LogP contribution in [0.15, 0.2) is 35.9 Å². The van der Waals surface area contributed by atoms with E-state index >= 15 is 0 Å². The van der Waals surface area contributed by atoms with Gasteiger partial charge >= 0.3 is 0 Å². The number of rotatable bonds is 4. The summed E-state index contributed by atoms with van der Waals surface area (Å²) in [6, 6.07) is 4.12. The number of aromatic nitrogens is 2. The lowest BCUT2D eigenvalue weighted by molar-refractivity contribution is -0.127. The molecular formula is C29H37N5O2. The van der Waals surface area contributed by atoms with Gasteiger partial charge in [-0.1, -0.05) is 50.3 Å². The zero-order valence-electron chi connectivity index (χ0n) is 21.3. The monoisotopic (exact) mass is 487 g/mol. The van der Waals surface area contributed by atoms with Crippen molar-refractivity contribution in [1.29, 1.82) is 0 Å². The predicted octanol–water partition coefficient (Wildman–Crippen LogP) is 3.61. The Morgan fingerprint density at radius 1 is 1.00 bits per heavy atom. The molecule has 2 amide bonds. The van der Waals surface area contributed by atoms with Crippen molar-refractivity contribution in [2.75, 3.05) is 39.3 Å². The van der Waals surface area contributed by atoms with Crippen LogP contribution in [0, 0.1) is 24.7 Å². The normalized spacial score (nSPS) is 24.8. The standard InChI is InChI=1S/C29H37N5O2/c1-19-13-26-25(27(32-31-26)14-20-5-3-2-4-6-20)16-24(19)29(36)34-17-22-8-7-21(15-23(22)18-34)28(35)33-11-9-30-10-12-33/h7-8,13,15-16,20,22-23,30H,2-6,9-12,14,17-18H2,1H3,(H,31,32). The topological polar surface area (TPSA) is 81.3 Å². The molecule has 2 aromatic rings. The van der Waals surface area contributed by atoms with Crippen LogP contribution in [0.2, 0.25) is 0 Å². The Hall–Kier alpha value is -2.93. The van der Waals surface area contributed by atoms with Crippen LogP contribution in [0.5, 0.6) is 0 Å². The van der Waals surface area contributed by atoms with E-state index < -0.39 is 0 Å². The van der Waals surface area contributed by atoms with Crippen LogP contribution < -0.4 is 5.32 Å². The van der Waals surface area contributed by atoms with Crippen LogP contribution in [0.3, 0.4) is 0 Å². The molecule has 6 rings (SSSR count). The highest BCUT2D eigenvalue weighted by molar-refractivity contribution is 6.00.